The van der Waals surface area contributed by atoms with Crippen molar-refractivity contribution in [1.82, 2.24) is 4.67 Å². The average molecular weight is 372 g/mol. The van der Waals surface area contributed by atoms with Gasteiger partial charge in [0.05, 0.1) is 0 Å². The Balaban J connectivity index is 2.38. The van der Waals surface area contributed by atoms with Gasteiger partial charge in [0.15, 0.2) is 0 Å². The SMILES string of the molecule is COP(Oc1ccc2c(C)c(Cl)c(=O)oc2c1)N(C(C)C)C(C)C. The molecule has 24 heavy (non-hydrogen) atoms. The van der Waals surface area contributed by atoms with Gasteiger partial charge in [0.1, 0.15) is 16.4 Å². The summed E-state index contributed by atoms with van der Waals surface area (Å²) in [5.41, 5.74) is 0.611. The first-order valence-corrected chi connectivity index (χ1v) is 9.30. The van der Waals surface area contributed by atoms with Crippen LogP contribution in [-0.2, 0) is 4.52 Å². The molecule has 0 fully saturated rings. The van der Waals surface area contributed by atoms with E-state index in [1.165, 1.54) is 0 Å². The van der Waals surface area contributed by atoms with Crippen LogP contribution in [0, 0.1) is 6.92 Å². The molecule has 1 heterocycles. The lowest BCUT2D eigenvalue weighted by Crippen LogP contribution is -2.34. The van der Waals surface area contributed by atoms with Crippen molar-refractivity contribution in [2.75, 3.05) is 7.11 Å². The van der Waals surface area contributed by atoms with Gasteiger partial charge in [0.25, 0.3) is 0 Å². The van der Waals surface area contributed by atoms with Gasteiger partial charge in [-0.3, -0.25) is 0 Å². The summed E-state index contributed by atoms with van der Waals surface area (Å²) in [4.78, 5) is 11.8. The molecule has 0 bridgehead atoms. The van der Waals surface area contributed by atoms with Gasteiger partial charge in [-0.05, 0) is 52.3 Å². The molecule has 0 N–H and O–H groups in total. The second-order valence-corrected chi connectivity index (χ2v) is 7.93. The van der Waals surface area contributed by atoms with Crippen LogP contribution in [0.15, 0.2) is 27.4 Å². The van der Waals surface area contributed by atoms with E-state index >= 15 is 0 Å². The predicted octanol–water partition coefficient (Wildman–Crippen LogP) is 5.13. The van der Waals surface area contributed by atoms with Crippen molar-refractivity contribution in [3.05, 3.63) is 39.2 Å². The standard InChI is InChI=1S/C17H23ClNO4P/c1-10(2)19(11(3)4)24(21-6)23-13-7-8-14-12(5)16(18)17(20)22-15(14)9-13/h7-11H,1-6H3. The van der Waals surface area contributed by atoms with Crippen molar-refractivity contribution < 1.29 is 13.5 Å². The van der Waals surface area contributed by atoms with Crippen LogP contribution in [0.2, 0.25) is 5.02 Å². The number of halogens is 1. The molecule has 0 radical (unpaired) electrons. The maximum Gasteiger partial charge on any atom is 0.355 e. The molecular weight excluding hydrogens is 349 g/mol. The molecule has 0 amide bonds. The molecular formula is C17H23ClNO4P. The highest BCUT2D eigenvalue weighted by molar-refractivity contribution is 7.45. The number of rotatable bonds is 6. The van der Waals surface area contributed by atoms with Crippen LogP contribution in [0.4, 0.5) is 0 Å². The van der Waals surface area contributed by atoms with E-state index in [1.807, 2.05) is 12.1 Å². The molecule has 1 atom stereocenters. The minimum Gasteiger partial charge on any atom is -0.436 e. The average Bonchev–Trinajstić information content (AvgIpc) is 2.51. The summed E-state index contributed by atoms with van der Waals surface area (Å²) < 4.78 is 19.1. The predicted molar refractivity (Wildman–Crippen MR) is 98.9 cm³/mol. The molecule has 0 saturated carbocycles. The van der Waals surface area contributed by atoms with E-state index in [4.69, 9.17) is 25.1 Å². The molecule has 132 valence electrons. The molecule has 0 aliphatic carbocycles. The lowest BCUT2D eigenvalue weighted by Gasteiger charge is -2.34. The van der Waals surface area contributed by atoms with Gasteiger partial charge in [-0.25, -0.2) is 9.46 Å². The molecule has 0 saturated heterocycles. The molecule has 1 aromatic heterocycles. The van der Waals surface area contributed by atoms with Crippen LogP contribution in [0.1, 0.15) is 33.3 Å². The summed E-state index contributed by atoms with van der Waals surface area (Å²) >= 11 is 5.95. The van der Waals surface area contributed by atoms with Crippen LogP contribution < -0.4 is 10.1 Å². The number of hydrogen-bond acceptors (Lipinski definition) is 5. The fourth-order valence-corrected chi connectivity index (χ4v) is 4.16. The quantitative estimate of drug-likeness (QED) is 0.520. The molecule has 2 rings (SSSR count). The summed E-state index contributed by atoms with van der Waals surface area (Å²) in [5, 5.41) is 0.902. The van der Waals surface area contributed by atoms with Gasteiger partial charge >= 0.3 is 14.2 Å². The Morgan fingerprint density at radius 2 is 1.83 bits per heavy atom. The van der Waals surface area contributed by atoms with E-state index in [0.29, 0.717) is 16.9 Å². The van der Waals surface area contributed by atoms with Crippen LogP contribution in [0.25, 0.3) is 11.0 Å². The Labute approximate surface area is 148 Å². The first-order chi connectivity index (χ1) is 11.3. The number of benzene rings is 1. The molecule has 0 spiro atoms. The Kier molecular flexibility index (Phi) is 6.27. The summed E-state index contributed by atoms with van der Waals surface area (Å²) in [6.45, 7) is 10.2. The summed E-state index contributed by atoms with van der Waals surface area (Å²) in [7, 11) is 0.367. The van der Waals surface area contributed by atoms with Crippen LogP contribution >= 0.6 is 20.1 Å². The van der Waals surface area contributed by atoms with E-state index < -0.39 is 14.2 Å². The maximum absolute atomic E-state index is 11.8. The number of nitrogens with zero attached hydrogens (tertiary/aromatic N) is 1. The molecule has 1 aromatic carbocycles. The maximum atomic E-state index is 11.8. The topological polar surface area (TPSA) is 51.9 Å². The van der Waals surface area contributed by atoms with Crippen molar-refractivity contribution >= 4 is 31.1 Å². The summed E-state index contributed by atoms with van der Waals surface area (Å²) in [6, 6.07) is 5.92. The van der Waals surface area contributed by atoms with Gasteiger partial charge in [0.2, 0.25) is 0 Å². The highest BCUT2D eigenvalue weighted by atomic mass is 35.5. The zero-order chi connectivity index (χ0) is 18.0. The molecule has 0 aliphatic heterocycles. The van der Waals surface area contributed by atoms with Crippen molar-refractivity contribution in [3.63, 3.8) is 0 Å². The monoisotopic (exact) mass is 371 g/mol. The van der Waals surface area contributed by atoms with E-state index in [1.54, 1.807) is 20.1 Å². The van der Waals surface area contributed by atoms with Gasteiger partial charge in [-0.15, -0.1) is 0 Å². The third kappa shape index (κ3) is 3.92. The molecule has 0 aliphatic rings. The van der Waals surface area contributed by atoms with Crippen molar-refractivity contribution in [2.45, 2.75) is 46.7 Å². The second-order valence-electron chi connectivity index (χ2n) is 6.07. The first-order valence-electron chi connectivity index (χ1n) is 7.79. The zero-order valence-corrected chi connectivity index (χ0v) is 16.4. The summed E-state index contributed by atoms with van der Waals surface area (Å²) in [6.07, 6.45) is 0. The lowest BCUT2D eigenvalue weighted by molar-refractivity contribution is 0.242. The van der Waals surface area contributed by atoms with Crippen LogP contribution in [0.5, 0.6) is 5.75 Å². The van der Waals surface area contributed by atoms with Crippen molar-refractivity contribution in [1.29, 1.82) is 0 Å². The fourth-order valence-electron chi connectivity index (χ4n) is 2.61. The normalized spacial score (nSPS) is 13.2. The van der Waals surface area contributed by atoms with E-state index in [2.05, 4.69) is 32.4 Å². The Hall–Kier alpha value is -1.13. The van der Waals surface area contributed by atoms with Gasteiger partial charge in [-0.2, -0.15) is 0 Å². The zero-order valence-electron chi connectivity index (χ0n) is 14.8. The Bertz CT molecular complexity index is 767. The molecule has 7 heteroatoms. The van der Waals surface area contributed by atoms with Crippen LogP contribution in [-0.4, -0.2) is 23.9 Å². The van der Waals surface area contributed by atoms with E-state index in [-0.39, 0.29) is 17.1 Å². The van der Waals surface area contributed by atoms with Crippen molar-refractivity contribution in [2.24, 2.45) is 0 Å². The van der Waals surface area contributed by atoms with Crippen LogP contribution in [0.3, 0.4) is 0 Å². The minimum absolute atomic E-state index is 0.112. The van der Waals surface area contributed by atoms with E-state index in [0.717, 1.165) is 5.39 Å². The lowest BCUT2D eigenvalue weighted by atomic mass is 10.1. The Morgan fingerprint density at radius 3 is 2.38 bits per heavy atom. The Morgan fingerprint density at radius 1 is 1.21 bits per heavy atom. The summed E-state index contributed by atoms with van der Waals surface area (Å²) in [5.74, 6) is 0.589. The second kappa shape index (κ2) is 7.83. The van der Waals surface area contributed by atoms with Gasteiger partial charge in [-0.1, -0.05) is 11.6 Å². The van der Waals surface area contributed by atoms with Gasteiger partial charge < -0.3 is 13.5 Å². The smallest absolute Gasteiger partial charge is 0.355 e. The largest absolute Gasteiger partial charge is 0.436 e. The fraction of sp³-hybridized carbons (Fsp3) is 0.471. The first kappa shape index (κ1) is 19.2. The third-order valence-corrected chi connectivity index (χ3v) is 6.07. The minimum atomic E-state index is -1.27. The molecule has 5 nitrogen and oxygen atoms in total. The number of fused-ring (bicyclic) bond motifs is 1. The molecule has 2 aromatic rings. The van der Waals surface area contributed by atoms with Crippen molar-refractivity contribution in [3.8, 4) is 5.75 Å². The highest BCUT2D eigenvalue weighted by Gasteiger charge is 2.27. The highest BCUT2D eigenvalue weighted by Crippen LogP contribution is 2.45. The molecule has 1 unspecified atom stereocenters. The third-order valence-electron chi connectivity index (χ3n) is 3.65. The van der Waals surface area contributed by atoms with Gasteiger partial charge in [0, 0.05) is 30.6 Å². The van der Waals surface area contributed by atoms with E-state index in [9.17, 15) is 4.79 Å². The number of aryl methyl sites for hydroxylation is 1. The number of hydrogen-bond donors (Lipinski definition) is 0.